The molecule has 5 N–H and O–H groups in total. The third-order valence-corrected chi connectivity index (χ3v) is 5.32. The molecule has 2 aromatic heterocycles. The van der Waals surface area contributed by atoms with E-state index in [0.29, 0.717) is 38.9 Å². The van der Waals surface area contributed by atoms with Crippen molar-refractivity contribution < 1.29 is 19.4 Å². The Morgan fingerprint density at radius 2 is 2.11 bits per heavy atom. The molecule has 3 rings (SSSR count). The Kier molecular flexibility index (Phi) is 6.03. The van der Waals surface area contributed by atoms with Crippen LogP contribution in [-0.2, 0) is 6.61 Å². The number of amides is 1. The van der Waals surface area contributed by atoms with Crippen LogP contribution >= 0.6 is 11.3 Å². The summed E-state index contributed by atoms with van der Waals surface area (Å²) >= 11 is 1.17. The molecule has 2 heterocycles. The van der Waals surface area contributed by atoms with Gasteiger partial charge in [-0.05, 0) is 36.2 Å². The normalized spacial score (nSPS) is 12.0. The number of pyridine rings is 1. The Hall–Kier alpha value is -2.81. The molecule has 8 heteroatoms. The van der Waals surface area contributed by atoms with Gasteiger partial charge < -0.3 is 21.3 Å². The summed E-state index contributed by atoms with van der Waals surface area (Å²) in [4.78, 5) is 16.6. The second kappa shape index (κ2) is 8.47. The molecule has 146 valence electrons. The van der Waals surface area contributed by atoms with Gasteiger partial charge in [0, 0.05) is 10.4 Å². The molecule has 6 nitrogen and oxygen atoms in total. The first-order valence-corrected chi connectivity index (χ1v) is 9.50. The van der Waals surface area contributed by atoms with Gasteiger partial charge in [-0.2, -0.15) is 0 Å². The van der Waals surface area contributed by atoms with E-state index in [2.05, 4.69) is 10.3 Å². The van der Waals surface area contributed by atoms with Crippen LogP contribution in [0.25, 0.3) is 10.4 Å². The van der Waals surface area contributed by atoms with Gasteiger partial charge in [-0.1, -0.05) is 25.1 Å². The number of nitrogens with one attached hydrogen (secondary N) is 1. The third-order valence-electron chi connectivity index (χ3n) is 4.24. The summed E-state index contributed by atoms with van der Waals surface area (Å²) in [5.74, 6) is -0.708. The van der Waals surface area contributed by atoms with Crippen molar-refractivity contribution in [3.8, 4) is 10.4 Å². The Morgan fingerprint density at radius 3 is 2.75 bits per heavy atom. The second-order valence-electron chi connectivity index (χ2n) is 6.18. The largest absolute Gasteiger partial charge is 0.390 e. The highest BCUT2D eigenvalue weighted by Gasteiger charge is 2.18. The molecule has 0 radical (unpaired) electrons. The molecule has 28 heavy (non-hydrogen) atoms. The minimum absolute atomic E-state index is 0.213. The fourth-order valence-corrected chi connectivity index (χ4v) is 3.82. The Bertz CT molecular complexity index is 1010. The molecule has 0 fully saturated rings. The lowest BCUT2D eigenvalue weighted by atomic mass is 10.0. The number of aromatic nitrogens is 1. The van der Waals surface area contributed by atoms with Gasteiger partial charge in [-0.25, -0.2) is 9.37 Å². The lowest BCUT2D eigenvalue weighted by molar-refractivity contribution is 0.100. The van der Waals surface area contributed by atoms with Crippen LogP contribution in [0.1, 0.15) is 41.1 Å². The van der Waals surface area contributed by atoms with Crippen LogP contribution in [0.3, 0.4) is 0 Å². The predicted molar refractivity (Wildman–Crippen MR) is 107 cm³/mol. The van der Waals surface area contributed by atoms with Crippen LogP contribution in [0.5, 0.6) is 0 Å². The average molecular weight is 401 g/mol. The van der Waals surface area contributed by atoms with Gasteiger partial charge >= 0.3 is 0 Å². The van der Waals surface area contributed by atoms with Crippen LogP contribution in [0.2, 0.25) is 0 Å². The lowest BCUT2D eigenvalue weighted by Crippen LogP contribution is -2.11. The van der Waals surface area contributed by atoms with Crippen molar-refractivity contribution in [1.82, 2.24) is 4.98 Å². The summed E-state index contributed by atoms with van der Waals surface area (Å²) in [6, 6.07) is 11.1. The average Bonchev–Trinajstić information content (AvgIpc) is 3.11. The maximum Gasteiger partial charge on any atom is 0.251 e. The van der Waals surface area contributed by atoms with Crippen LogP contribution < -0.4 is 11.1 Å². The molecular formula is C20H20FN3O3S. The first-order valence-electron chi connectivity index (χ1n) is 8.68. The van der Waals surface area contributed by atoms with Gasteiger partial charge in [0.05, 0.1) is 24.0 Å². The van der Waals surface area contributed by atoms with Crippen LogP contribution in [-0.4, -0.2) is 21.1 Å². The summed E-state index contributed by atoms with van der Waals surface area (Å²) in [6.07, 6.45) is -0.243. The van der Waals surface area contributed by atoms with E-state index >= 15 is 0 Å². The van der Waals surface area contributed by atoms with Crippen molar-refractivity contribution in [2.75, 3.05) is 5.32 Å². The van der Waals surface area contributed by atoms with E-state index in [1.165, 1.54) is 23.5 Å². The zero-order valence-corrected chi connectivity index (χ0v) is 16.0. The third kappa shape index (κ3) is 4.19. The highest BCUT2D eigenvalue weighted by Crippen LogP contribution is 2.38. The van der Waals surface area contributed by atoms with Crippen molar-refractivity contribution in [2.45, 2.75) is 26.1 Å². The van der Waals surface area contributed by atoms with Gasteiger partial charge in [0.15, 0.2) is 0 Å². The van der Waals surface area contributed by atoms with Crippen LogP contribution in [0, 0.1) is 5.82 Å². The number of nitrogens with two attached hydrogens (primary N) is 1. The minimum atomic E-state index is -0.727. The van der Waals surface area contributed by atoms with Gasteiger partial charge in [0.2, 0.25) is 0 Å². The number of benzene rings is 1. The molecule has 3 aromatic rings. The number of anilines is 2. The fraction of sp³-hybridized carbons (Fsp3) is 0.200. The highest BCUT2D eigenvalue weighted by atomic mass is 32.1. The first kappa shape index (κ1) is 19.9. The van der Waals surface area contributed by atoms with Crippen molar-refractivity contribution in [3.63, 3.8) is 0 Å². The molecule has 0 aliphatic carbocycles. The van der Waals surface area contributed by atoms with Crippen molar-refractivity contribution in [3.05, 3.63) is 65.1 Å². The SMILES string of the molecule is CCC(O)c1ccc(-c2cc(C(N)=O)c(Nc3cccc(CO)n3)s2)c(F)c1. The number of thiophene rings is 1. The van der Waals surface area contributed by atoms with Crippen molar-refractivity contribution >= 4 is 28.1 Å². The van der Waals surface area contributed by atoms with Crippen LogP contribution in [0.15, 0.2) is 42.5 Å². The fourth-order valence-electron chi connectivity index (χ4n) is 2.73. The van der Waals surface area contributed by atoms with Crippen molar-refractivity contribution in [2.24, 2.45) is 5.73 Å². The zero-order valence-electron chi connectivity index (χ0n) is 15.1. The lowest BCUT2D eigenvalue weighted by Gasteiger charge is -2.09. The van der Waals surface area contributed by atoms with Crippen molar-refractivity contribution in [1.29, 1.82) is 0 Å². The number of nitrogens with zero attached hydrogens (tertiary/aromatic N) is 1. The number of halogens is 1. The summed E-state index contributed by atoms with van der Waals surface area (Å²) in [6.45, 7) is 1.60. The second-order valence-corrected chi connectivity index (χ2v) is 7.23. The van der Waals surface area contributed by atoms with E-state index in [-0.39, 0.29) is 12.2 Å². The molecule has 1 aromatic carbocycles. The zero-order chi connectivity index (χ0) is 20.3. The number of rotatable bonds is 7. The van der Waals surface area contributed by atoms with Gasteiger partial charge in [-0.15, -0.1) is 11.3 Å². The Labute approximate surface area is 165 Å². The van der Waals surface area contributed by atoms with E-state index in [9.17, 15) is 19.4 Å². The number of primary amides is 1. The summed E-state index contributed by atoms with van der Waals surface area (Å²) < 4.78 is 14.6. The summed E-state index contributed by atoms with van der Waals surface area (Å²) in [5.41, 5.74) is 6.97. The molecule has 0 saturated carbocycles. The molecular weight excluding hydrogens is 381 g/mol. The molecule has 0 spiro atoms. The quantitative estimate of drug-likeness (QED) is 0.482. The smallest absolute Gasteiger partial charge is 0.251 e. The van der Waals surface area contributed by atoms with E-state index in [1.807, 2.05) is 6.92 Å². The van der Waals surface area contributed by atoms with Crippen LogP contribution in [0.4, 0.5) is 15.2 Å². The summed E-state index contributed by atoms with van der Waals surface area (Å²) in [5, 5.41) is 22.5. The number of hydrogen-bond donors (Lipinski definition) is 4. The highest BCUT2D eigenvalue weighted by molar-refractivity contribution is 7.19. The molecule has 0 saturated heterocycles. The molecule has 1 amide bonds. The molecule has 0 bridgehead atoms. The molecule has 0 aliphatic heterocycles. The number of aliphatic hydroxyl groups excluding tert-OH is 2. The number of aliphatic hydroxyl groups is 2. The number of carbonyl (C=O) groups is 1. The monoisotopic (exact) mass is 401 g/mol. The first-order chi connectivity index (χ1) is 13.4. The van der Waals surface area contributed by atoms with E-state index < -0.39 is 17.8 Å². The van der Waals surface area contributed by atoms with E-state index in [0.717, 1.165) is 0 Å². The molecule has 0 aliphatic rings. The Balaban J connectivity index is 1.98. The number of carbonyl (C=O) groups excluding carboxylic acids is 1. The maximum atomic E-state index is 14.6. The maximum absolute atomic E-state index is 14.6. The molecule has 1 atom stereocenters. The van der Waals surface area contributed by atoms with Gasteiger partial charge in [0.25, 0.3) is 5.91 Å². The minimum Gasteiger partial charge on any atom is -0.390 e. The van der Waals surface area contributed by atoms with Gasteiger partial charge in [0.1, 0.15) is 16.6 Å². The van der Waals surface area contributed by atoms with Gasteiger partial charge in [-0.3, -0.25) is 4.79 Å². The summed E-state index contributed by atoms with van der Waals surface area (Å²) in [7, 11) is 0. The number of hydrogen-bond acceptors (Lipinski definition) is 6. The predicted octanol–water partition coefficient (Wildman–Crippen LogP) is 3.73. The van der Waals surface area contributed by atoms with E-state index in [4.69, 9.17) is 5.73 Å². The molecule has 1 unspecified atom stereocenters. The van der Waals surface area contributed by atoms with E-state index in [1.54, 1.807) is 30.3 Å². The standard InChI is InChI=1S/C20H20FN3O3S/c1-2-16(26)11-6-7-13(15(21)8-11)17-9-14(19(22)27)20(28-17)24-18-5-3-4-12(10-25)23-18/h3-9,16,25-26H,2,10H2,1H3,(H2,22,27)(H,23,24). The topological polar surface area (TPSA) is 108 Å². The Morgan fingerprint density at radius 1 is 1.32 bits per heavy atom.